The molecule has 7 nitrogen and oxygen atoms in total. The number of carbonyl (C=O) groups excluding carboxylic acids is 2. The summed E-state index contributed by atoms with van der Waals surface area (Å²) in [6, 6.07) is 11.4. The van der Waals surface area contributed by atoms with Crippen LogP contribution in [0.2, 0.25) is 0 Å². The summed E-state index contributed by atoms with van der Waals surface area (Å²) in [5, 5.41) is 4.26. The van der Waals surface area contributed by atoms with Gasteiger partial charge < -0.3 is 15.4 Å². The first kappa shape index (κ1) is 21.2. The summed E-state index contributed by atoms with van der Waals surface area (Å²) < 4.78 is 30.9. The van der Waals surface area contributed by atoms with Crippen molar-refractivity contribution < 1.29 is 22.7 Å². The van der Waals surface area contributed by atoms with Gasteiger partial charge in [0.2, 0.25) is 11.8 Å². The van der Waals surface area contributed by atoms with Crippen molar-refractivity contribution in [2.45, 2.75) is 40.6 Å². The van der Waals surface area contributed by atoms with Crippen LogP contribution in [0.4, 0.5) is 11.4 Å². The molecule has 154 valence electrons. The van der Waals surface area contributed by atoms with Crippen molar-refractivity contribution in [3.63, 3.8) is 0 Å². The van der Waals surface area contributed by atoms with Crippen molar-refractivity contribution in [1.29, 1.82) is 0 Å². The molecule has 0 saturated carbocycles. The number of nitrogens with one attached hydrogen (secondary N) is 2. The Labute approximate surface area is 174 Å². The third-order valence-electron chi connectivity index (χ3n) is 4.59. The molecule has 2 atom stereocenters. The first-order valence-corrected chi connectivity index (χ1v) is 11.4. The van der Waals surface area contributed by atoms with Crippen LogP contribution >= 0.6 is 11.8 Å². The summed E-state index contributed by atoms with van der Waals surface area (Å²) in [6.07, 6.45) is -0.191. The lowest BCUT2D eigenvalue weighted by Gasteiger charge is -2.22. The van der Waals surface area contributed by atoms with Crippen LogP contribution in [0.3, 0.4) is 0 Å². The van der Waals surface area contributed by atoms with Crippen LogP contribution in [0, 0.1) is 0 Å². The van der Waals surface area contributed by atoms with Crippen molar-refractivity contribution in [3.05, 3.63) is 42.5 Å². The minimum absolute atomic E-state index is 0.0800. The van der Waals surface area contributed by atoms with E-state index in [1.807, 2.05) is 0 Å². The number of hydrogen-bond donors (Lipinski definition) is 2. The molecule has 2 aromatic carbocycles. The van der Waals surface area contributed by atoms with E-state index in [1.165, 1.54) is 30.8 Å². The molecule has 0 fully saturated rings. The second-order valence-corrected chi connectivity index (χ2v) is 10.5. The smallest absolute Gasteiger partial charge is 0.237 e. The maximum atomic E-state index is 12.9. The Balaban J connectivity index is 1.71. The SMILES string of the molecule is COc1ccc(NC(=O)C[C@H](C)S(=O)(=O)c2ccc3c(c2)NC(=O)[C@H](C)S3)cc1. The summed E-state index contributed by atoms with van der Waals surface area (Å²) in [6.45, 7) is 3.29. The van der Waals surface area contributed by atoms with Crippen LogP contribution in [-0.4, -0.2) is 37.8 Å². The van der Waals surface area contributed by atoms with E-state index in [4.69, 9.17) is 4.74 Å². The number of methoxy groups -OCH3 is 1. The zero-order valence-corrected chi connectivity index (χ0v) is 17.9. The van der Waals surface area contributed by atoms with E-state index in [-0.39, 0.29) is 22.5 Å². The van der Waals surface area contributed by atoms with Gasteiger partial charge in [0.05, 0.1) is 28.2 Å². The van der Waals surface area contributed by atoms with E-state index < -0.39 is 21.0 Å². The molecule has 2 amide bonds. The number of fused-ring (bicyclic) bond motifs is 1. The second-order valence-electron chi connectivity index (χ2n) is 6.74. The number of anilines is 2. The highest BCUT2D eigenvalue weighted by molar-refractivity contribution is 8.01. The van der Waals surface area contributed by atoms with E-state index in [9.17, 15) is 18.0 Å². The van der Waals surface area contributed by atoms with Crippen molar-refractivity contribution in [3.8, 4) is 5.75 Å². The first-order chi connectivity index (χ1) is 13.7. The summed E-state index contributed by atoms with van der Waals surface area (Å²) in [7, 11) is -2.20. The Kier molecular flexibility index (Phi) is 6.18. The van der Waals surface area contributed by atoms with Gasteiger partial charge in [-0.3, -0.25) is 9.59 Å². The predicted molar refractivity (Wildman–Crippen MR) is 113 cm³/mol. The van der Waals surface area contributed by atoms with Crippen LogP contribution < -0.4 is 15.4 Å². The van der Waals surface area contributed by atoms with Gasteiger partial charge in [-0.1, -0.05) is 0 Å². The standard InChI is InChI=1S/C20H22N2O5S2/c1-12(10-19(23)21-14-4-6-15(27-3)7-5-14)29(25,26)16-8-9-18-17(11-16)22-20(24)13(2)28-18/h4-9,11-13H,10H2,1-3H3,(H,21,23)(H,22,24)/t12-,13-/m0/s1. The molecule has 0 spiro atoms. The predicted octanol–water partition coefficient (Wildman–Crippen LogP) is 3.32. The molecular formula is C20H22N2O5S2. The molecule has 1 aliphatic rings. The highest BCUT2D eigenvalue weighted by Gasteiger charge is 2.29. The van der Waals surface area contributed by atoms with E-state index in [1.54, 1.807) is 44.4 Å². The number of hydrogen-bond acceptors (Lipinski definition) is 6. The third kappa shape index (κ3) is 4.73. The zero-order valence-electron chi connectivity index (χ0n) is 16.3. The normalized spacial score (nSPS) is 17.1. The maximum absolute atomic E-state index is 12.9. The van der Waals surface area contributed by atoms with Crippen molar-refractivity contribution in [1.82, 2.24) is 0 Å². The van der Waals surface area contributed by atoms with Gasteiger partial charge in [-0.25, -0.2) is 8.42 Å². The van der Waals surface area contributed by atoms with E-state index >= 15 is 0 Å². The molecule has 9 heteroatoms. The third-order valence-corrected chi connectivity index (χ3v) is 7.90. The van der Waals surface area contributed by atoms with Gasteiger partial charge >= 0.3 is 0 Å². The largest absolute Gasteiger partial charge is 0.497 e. The molecule has 0 saturated heterocycles. The van der Waals surface area contributed by atoms with Gasteiger partial charge in [-0.2, -0.15) is 0 Å². The second kappa shape index (κ2) is 8.46. The van der Waals surface area contributed by atoms with E-state index in [0.29, 0.717) is 17.1 Å². The minimum Gasteiger partial charge on any atom is -0.497 e. The topological polar surface area (TPSA) is 102 Å². The maximum Gasteiger partial charge on any atom is 0.237 e. The Hall–Kier alpha value is -2.52. The lowest BCUT2D eigenvalue weighted by atomic mass is 10.2. The number of sulfone groups is 1. The molecule has 0 radical (unpaired) electrons. The van der Waals surface area contributed by atoms with Gasteiger partial charge in [-0.15, -0.1) is 11.8 Å². The first-order valence-electron chi connectivity index (χ1n) is 9.00. The van der Waals surface area contributed by atoms with Crippen molar-refractivity contribution >= 4 is 44.8 Å². The number of rotatable bonds is 6. The summed E-state index contributed by atoms with van der Waals surface area (Å²) in [5.74, 6) is 0.0943. The van der Waals surface area contributed by atoms with Gasteiger partial charge in [0.1, 0.15) is 5.75 Å². The number of ether oxygens (including phenoxy) is 1. The van der Waals surface area contributed by atoms with Crippen LogP contribution in [0.5, 0.6) is 5.75 Å². The molecule has 0 aliphatic carbocycles. The molecule has 0 unspecified atom stereocenters. The average Bonchev–Trinajstić information content (AvgIpc) is 2.69. The number of benzene rings is 2. The molecular weight excluding hydrogens is 412 g/mol. The van der Waals surface area contributed by atoms with Gasteiger partial charge in [0.25, 0.3) is 0 Å². The number of amides is 2. The fourth-order valence-electron chi connectivity index (χ4n) is 2.85. The van der Waals surface area contributed by atoms with Gasteiger partial charge in [-0.05, 0) is 56.3 Å². The fourth-order valence-corrected chi connectivity index (χ4v) is 5.16. The van der Waals surface area contributed by atoms with Crippen LogP contribution in [-0.2, 0) is 19.4 Å². The Morgan fingerprint density at radius 3 is 2.59 bits per heavy atom. The Bertz CT molecular complexity index is 1040. The fraction of sp³-hybridized carbons (Fsp3) is 0.300. The van der Waals surface area contributed by atoms with Crippen LogP contribution in [0.1, 0.15) is 20.3 Å². The monoisotopic (exact) mass is 434 g/mol. The van der Waals surface area contributed by atoms with Crippen molar-refractivity contribution in [2.24, 2.45) is 0 Å². The molecule has 1 heterocycles. The Morgan fingerprint density at radius 1 is 1.24 bits per heavy atom. The molecule has 0 bridgehead atoms. The molecule has 1 aliphatic heterocycles. The average molecular weight is 435 g/mol. The lowest BCUT2D eigenvalue weighted by molar-refractivity contribution is -0.116. The van der Waals surface area contributed by atoms with Gasteiger partial charge in [0.15, 0.2) is 9.84 Å². The molecule has 0 aromatic heterocycles. The number of carbonyl (C=O) groups is 2. The number of thioether (sulfide) groups is 1. The van der Waals surface area contributed by atoms with Gasteiger partial charge in [0, 0.05) is 17.0 Å². The van der Waals surface area contributed by atoms with Crippen LogP contribution in [0.15, 0.2) is 52.3 Å². The minimum atomic E-state index is -3.74. The molecule has 3 rings (SSSR count). The summed E-state index contributed by atoms with van der Waals surface area (Å²) in [4.78, 5) is 25.1. The van der Waals surface area contributed by atoms with E-state index in [2.05, 4.69) is 10.6 Å². The van der Waals surface area contributed by atoms with Crippen LogP contribution in [0.25, 0.3) is 0 Å². The summed E-state index contributed by atoms with van der Waals surface area (Å²) in [5.41, 5.74) is 1.04. The van der Waals surface area contributed by atoms with E-state index in [0.717, 1.165) is 4.90 Å². The molecule has 29 heavy (non-hydrogen) atoms. The lowest BCUT2D eigenvalue weighted by Crippen LogP contribution is -2.27. The Morgan fingerprint density at radius 2 is 1.93 bits per heavy atom. The highest BCUT2D eigenvalue weighted by Crippen LogP contribution is 2.37. The molecule has 2 N–H and O–H groups in total. The summed E-state index contributed by atoms with van der Waals surface area (Å²) >= 11 is 1.38. The molecule has 2 aromatic rings. The zero-order chi connectivity index (χ0) is 21.2. The van der Waals surface area contributed by atoms with Crippen molar-refractivity contribution in [2.75, 3.05) is 17.7 Å². The highest BCUT2D eigenvalue weighted by atomic mass is 32.2. The quantitative estimate of drug-likeness (QED) is 0.723.